The molecule has 0 amide bonds. The van der Waals surface area contributed by atoms with E-state index in [1.54, 1.807) is 11.3 Å². The number of aryl methyl sites for hydroxylation is 1. The molecule has 0 N–H and O–H groups in total. The van der Waals surface area contributed by atoms with Gasteiger partial charge in [-0.2, -0.15) is 4.98 Å². The van der Waals surface area contributed by atoms with Crippen LogP contribution < -0.4 is 0 Å². The van der Waals surface area contributed by atoms with E-state index in [-0.39, 0.29) is 0 Å². The summed E-state index contributed by atoms with van der Waals surface area (Å²) < 4.78 is 11.9. The Kier molecular flexibility index (Phi) is 4.69. The molecule has 0 radical (unpaired) electrons. The van der Waals surface area contributed by atoms with E-state index < -0.39 is 0 Å². The lowest BCUT2D eigenvalue weighted by Crippen LogP contribution is -1.81. The molecule has 0 unspecified atom stereocenters. The highest BCUT2D eigenvalue weighted by Gasteiger charge is 2.14. The molecule has 0 spiro atoms. The second-order valence-electron chi connectivity index (χ2n) is 5.17. The third-order valence-corrected chi connectivity index (χ3v) is 5.77. The van der Waals surface area contributed by atoms with Crippen LogP contribution in [0.1, 0.15) is 11.5 Å². The third kappa shape index (κ3) is 3.83. The summed E-state index contributed by atoms with van der Waals surface area (Å²) in [6.45, 7) is 2.03. The van der Waals surface area contributed by atoms with Gasteiger partial charge in [-0.25, -0.2) is 0 Å². The first kappa shape index (κ1) is 16.5. The zero-order chi connectivity index (χ0) is 17.2. The molecule has 1 aromatic carbocycles. The molecule has 3 heterocycles. The van der Waals surface area contributed by atoms with Crippen molar-refractivity contribution in [2.45, 2.75) is 17.9 Å². The van der Waals surface area contributed by atoms with Crippen molar-refractivity contribution in [2.24, 2.45) is 0 Å². The molecular weight excluding hydrogens is 424 g/mol. The van der Waals surface area contributed by atoms with Crippen LogP contribution in [0.25, 0.3) is 22.2 Å². The van der Waals surface area contributed by atoms with Crippen molar-refractivity contribution in [3.05, 3.63) is 51.6 Å². The molecule has 0 atom stereocenters. The molecule has 0 bridgehead atoms. The summed E-state index contributed by atoms with van der Waals surface area (Å²) in [4.78, 5) is 5.33. The average molecular weight is 435 g/mol. The van der Waals surface area contributed by atoms with E-state index in [0.717, 1.165) is 14.9 Å². The lowest BCUT2D eigenvalue weighted by molar-refractivity contribution is 0.391. The Labute approximate surface area is 159 Å². The van der Waals surface area contributed by atoms with Gasteiger partial charge in [0.25, 0.3) is 5.22 Å². The third-order valence-electron chi connectivity index (χ3n) is 3.28. The lowest BCUT2D eigenvalue weighted by atomic mass is 10.1. The number of hydrogen-bond acceptors (Lipinski definition) is 8. The molecule has 0 aliphatic rings. The first-order valence-electron chi connectivity index (χ1n) is 7.28. The zero-order valence-corrected chi connectivity index (χ0v) is 16.2. The summed E-state index contributed by atoms with van der Waals surface area (Å²) in [5.41, 5.74) is 2.08. The van der Waals surface area contributed by atoms with Crippen molar-refractivity contribution in [1.29, 1.82) is 0 Å². The first-order chi connectivity index (χ1) is 12.2. The van der Waals surface area contributed by atoms with Crippen molar-refractivity contribution >= 4 is 39.0 Å². The van der Waals surface area contributed by atoms with Gasteiger partial charge in [0.05, 0.1) is 10.6 Å². The Morgan fingerprint density at radius 2 is 2.04 bits per heavy atom. The first-order valence-corrected chi connectivity index (χ1v) is 9.93. The Morgan fingerprint density at radius 3 is 2.80 bits per heavy atom. The van der Waals surface area contributed by atoms with Crippen LogP contribution in [0.3, 0.4) is 0 Å². The maximum absolute atomic E-state index is 5.67. The van der Waals surface area contributed by atoms with Gasteiger partial charge in [0, 0.05) is 15.4 Å². The van der Waals surface area contributed by atoms with Crippen molar-refractivity contribution in [3.8, 4) is 22.2 Å². The van der Waals surface area contributed by atoms with Crippen LogP contribution in [0.5, 0.6) is 0 Å². The Bertz CT molecular complexity index is 994. The van der Waals surface area contributed by atoms with Crippen LogP contribution in [-0.2, 0) is 5.75 Å². The van der Waals surface area contributed by atoms with Crippen LogP contribution in [-0.4, -0.2) is 20.3 Å². The minimum Gasteiger partial charge on any atom is -0.411 e. The summed E-state index contributed by atoms with van der Waals surface area (Å²) in [7, 11) is 0. The smallest absolute Gasteiger partial charge is 0.277 e. The van der Waals surface area contributed by atoms with Crippen LogP contribution in [0.4, 0.5) is 0 Å². The molecule has 0 saturated heterocycles. The Balaban J connectivity index is 1.42. The molecule has 3 aromatic heterocycles. The van der Waals surface area contributed by atoms with Crippen LogP contribution in [0.2, 0.25) is 0 Å². The predicted molar refractivity (Wildman–Crippen MR) is 99.3 cm³/mol. The van der Waals surface area contributed by atoms with E-state index in [0.29, 0.717) is 28.6 Å². The SMILES string of the molecule is Cc1ccc(-c2nnc(SCc3nc(-c4cc(Br)cs4)no3)o2)cc1. The summed E-state index contributed by atoms with van der Waals surface area (Å²) in [6, 6.07) is 9.89. The molecule has 0 fully saturated rings. The molecule has 9 heteroatoms. The van der Waals surface area contributed by atoms with Gasteiger partial charge in [-0.05, 0) is 41.1 Å². The molecular formula is C16H11BrN4O2S2. The highest BCUT2D eigenvalue weighted by atomic mass is 79.9. The second-order valence-corrected chi connectivity index (χ2v) is 7.92. The Hall–Kier alpha value is -1.97. The van der Waals surface area contributed by atoms with Gasteiger partial charge in [0.15, 0.2) is 0 Å². The van der Waals surface area contributed by atoms with Gasteiger partial charge in [0.2, 0.25) is 17.6 Å². The van der Waals surface area contributed by atoms with Crippen molar-refractivity contribution in [2.75, 3.05) is 0 Å². The van der Waals surface area contributed by atoms with E-state index in [1.807, 2.05) is 42.6 Å². The van der Waals surface area contributed by atoms with Gasteiger partial charge in [0.1, 0.15) is 0 Å². The number of benzene rings is 1. The average Bonchev–Trinajstić information content (AvgIpc) is 3.34. The zero-order valence-electron chi connectivity index (χ0n) is 13.0. The van der Waals surface area contributed by atoms with Gasteiger partial charge in [-0.1, -0.05) is 34.6 Å². The predicted octanol–water partition coefficient (Wildman–Crippen LogP) is 5.21. The fourth-order valence-electron chi connectivity index (χ4n) is 2.05. The summed E-state index contributed by atoms with van der Waals surface area (Å²) in [5.74, 6) is 2.06. The van der Waals surface area contributed by atoms with E-state index >= 15 is 0 Å². The monoisotopic (exact) mass is 434 g/mol. The summed E-state index contributed by atoms with van der Waals surface area (Å²) >= 11 is 6.33. The minimum atomic E-state index is 0.467. The quantitative estimate of drug-likeness (QED) is 0.398. The van der Waals surface area contributed by atoms with E-state index in [1.165, 1.54) is 17.3 Å². The highest BCUT2D eigenvalue weighted by Crippen LogP contribution is 2.29. The number of hydrogen-bond donors (Lipinski definition) is 0. The molecule has 0 saturated carbocycles. The van der Waals surface area contributed by atoms with E-state index in [4.69, 9.17) is 8.94 Å². The molecule has 6 nitrogen and oxygen atoms in total. The normalized spacial score (nSPS) is 11.1. The van der Waals surface area contributed by atoms with Crippen molar-refractivity contribution in [1.82, 2.24) is 20.3 Å². The molecule has 4 aromatic rings. The van der Waals surface area contributed by atoms with Crippen LogP contribution in [0, 0.1) is 6.92 Å². The van der Waals surface area contributed by atoms with Crippen LogP contribution in [0.15, 0.2) is 54.3 Å². The molecule has 0 aliphatic carbocycles. The maximum Gasteiger partial charge on any atom is 0.277 e. The maximum atomic E-state index is 5.67. The Morgan fingerprint density at radius 1 is 1.20 bits per heavy atom. The second kappa shape index (κ2) is 7.11. The lowest BCUT2D eigenvalue weighted by Gasteiger charge is -1.95. The van der Waals surface area contributed by atoms with Gasteiger partial charge in [-0.3, -0.25) is 0 Å². The molecule has 126 valence electrons. The number of thioether (sulfide) groups is 1. The van der Waals surface area contributed by atoms with E-state index in [9.17, 15) is 0 Å². The van der Waals surface area contributed by atoms with Gasteiger partial charge in [-0.15, -0.1) is 21.5 Å². The fourth-order valence-corrected chi connectivity index (χ4v) is 4.00. The van der Waals surface area contributed by atoms with Crippen LogP contribution >= 0.6 is 39.0 Å². The number of aromatic nitrogens is 4. The number of halogens is 1. The molecule has 25 heavy (non-hydrogen) atoms. The van der Waals surface area contributed by atoms with Gasteiger partial charge >= 0.3 is 0 Å². The summed E-state index contributed by atoms with van der Waals surface area (Å²) in [5, 5.41) is 14.6. The minimum absolute atomic E-state index is 0.467. The summed E-state index contributed by atoms with van der Waals surface area (Å²) in [6.07, 6.45) is 0. The van der Waals surface area contributed by atoms with Crippen molar-refractivity contribution in [3.63, 3.8) is 0 Å². The number of rotatable bonds is 5. The molecule has 4 rings (SSSR count). The standard InChI is InChI=1S/C16H11BrN4O2S2/c1-9-2-4-10(5-3-9)15-19-20-16(22-15)25-8-13-18-14(21-23-13)12-6-11(17)7-24-12/h2-7H,8H2,1H3. The van der Waals surface area contributed by atoms with Gasteiger partial charge < -0.3 is 8.94 Å². The van der Waals surface area contributed by atoms with E-state index in [2.05, 4.69) is 36.3 Å². The largest absolute Gasteiger partial charge is 0.411 e. The van der Waals surface area contributed by atoms with Crippen molar-refractivity contribution < 1.29 is 8.94 Å². The number of thiophene rings is 1. The fraction of sp³-hybridized carbons (Fsp3) is 0.125. The topological polar surface area (TPSA) is 77.8 Å². The number of nitrogens with zero attached hydrogens (tertiary/aromatic N) is 4. The highest BCUT2D eigenvalue weighted by molar-refractivity contribution is 9.10. The molecule has 0 aliphatic heterocycles.